The average molecular weight is 128 g/mol. The Morgan fingerprint density at radius 1 is 1.44 bits per heavy atom. The van der Waals surface area contributed by atoms with Gasteiger partial charge in [-0.25, -0.2) is 0 Å². The van der Waals surface area contributed by atoms with Gasteiger partial charge < -0.3 is 0 Å². The van der Waals surface area contributed by atoms with Crippen molar-refractivity contribution in [3.8, 4) is 0 Å². The van der Waals surface area contributed by atoms with Crippen LogP contribution in [0.25, 0.3) is 0 Å². The Hall–Kier alpha value is -0.0800. The monoisotopic (exact) mass is 128 g/mol. The molecule has 2 heteroatoms. The number of likely N-dealkylation sites (N-methyl/N-ethyl adjacent to an activating group) is 1. The van der Waals surface area contributed by atoms with Gasteiger partial charge in [-0.2, -0.15) is 0 Å². The standard InChI is InChI=1S/C7H16N2/c1-4-5-6-7(8-6)9(2)3/h6-8H,4-5H2,1-3H3. The zero-order chi connectivity index (χ0) is 6.85. The summed E-state index contributed by atoms with van der Waals surface area (Å²) < 4.78 is 0. The molecule has 1 aliphatic rings. The first kappa shape index (κ1) is 7.03. The van der Waals surface area contributed by atoms with E-state index in [1.165, 1.54) is 12.8 Å². The third kappa shape index (κ3) is 1.66. The van der Waals surface area contributed by atoms with Crippen LogP contribution in [0.15, 0.2) is 0 Å². The Balaban J connectivity index is 2.09. The highest BCUT2D eigenvalue weighted by atomic mass is 15.4. The van der Waals surface area contributed by atoms with Gasteiger partial charge in [0.05, 0.1) is 6.17 Å². The lowest BCUT2D eigenvalue weighted by Crippen LogP contribution is -2.19. The summed E-state index contributed by atoms with van der Waals surface area (Å²) in [5.41, 5.74) is 0. The van der Waals surface area contributed by atoms with Crippen LogP contribution in [0, 0.1) is 0 Å². The van der Waals surface area contributed by atoms with E-state index >= 15 is 0 Å². The van der Waals surface area contributed by atoms with Crippen molar-refractivity contribution >= 4 is 0 Å². The highest BCUT2D eigenvalue weighted by molar-refractivity contribution is 4.94. The molecule has 9 heavy (non-hydrogen) atoms. The summed E-state index contributed by atoms with van der Waals surface area (Å²) in [7, 11) is 4.24. The zero-order valence-electron chi connectivity index (χ0n) is 6.52. The Morgan fingerprint density at radius 3 is 2.44 bits per heavy atom. The van der Waals surface area contributed by atoms with Crippen LogP contribution in [-0.4, -0.2) is 31.2 Å². The van der Waals surface area contributed by atoms with Crippen LogP contribution in [0.3, 0.4) is 0 Å². The van der Waals surface area contributed by atoms with E-state index in [9.17, 15) is 0 Å². The molecule has 1 aliphatic heterocycles. The summed E-state index contributed by atoms with van der Waals surface area (Å²) in [5, 5.41) is 3.40. The van der Waals surface area contributed by atoms with Gasteiger partial charge in [-0.05, 0) is 20.5 Å². The molecule has 0 saturated carbocycles. The fourth-order valence-electron chi connectivity index (χ4n) is 1.22. The Kier molecular flexibility index (Phi) is 2.09. The van der Waals surface area contributed by atoms with Crippen molar-refractivity contribution in [1.82, 2.24) is 10.2 Å². The summed E-state index contributed by atoms with van der Waals surface area (Å²) in [6, 6.07) is 0.782. The van der Waals surface area contributed by atoms with Crippen molar-refractivity contribution in [1.29, 1.82) is 0 Å². The van der Waals surface area contributed by atoms with Gasteiger partial charge in [-0.1, -0.05) is 13.3 Å². The first-order valence-corrected chi connectivity index (χ1v) is 3.68. The summed E-state index contributed by atoms with van der Waals surface area (Å²) in [4.78, 5) is 2.24. The number of hydrogen-bond acceptors (Lipinski definition) is 2. The van der Waals surface area contributed by atoms with Crippen molar-refractivity contribution in [2.45, 2.75) is 32.0 Å². The molecule has 1 rings (SSSR count). The molecular weight excluding hydrogens is 112 g/mol. The molecule has 0 radical (unpaired) electrons. The van der Waals surface area contributed by atoms with Gasteiger partial charge in [0, 0.05) is 6.04 Å². The van der Waals surface area contributed by atoms with E-state index in [2.05, 4.69) is 31.2 Å². The second-order valence-corrected chi connectivity index (χ2v) is 2.97. The topological polar surface area (TPSA) is 25.2 Å². The van der Waals surface area contributed by atoms with E-state index in [-0.39, 0.29) is 0 Å². The van der Waals surface area contributed by atoms with Crippen LogP contribution < -0.4 is 5.32 Å². The minimum absolute atomic E-state index is 0.671. The van der Waals surface area contributed by atoms with Crippen molar-refractivity contribution < 1.29 is 0 Å². The molecule has 2 nitrogen and oxygen atoms in total. The molecule has 1 fully saturated rings. The second kappa shape index (κ2) is 2.67. The molecule has 1 N–H and O–H groups in total. The van der Waals surface area contributed by atoms with E-state index < -0.39 is 0 Å². The third-order valence-electron chi connectivity index (χ3n) is 1.81. The molecule has 0 spiro atoms. The molecule has 1 heterocycles. The molecule has 54 valence electrons. The van der Waals surface area contributed by atoms with Gasteiger partial charge >= 0.3 is 0 Å². The van der Waals surface area contributed by atoms with Gasteiger partial charge in [0.15, 0.2) is 0 Å². The number of nitrogens with zero attached hydrogens (tertiary/aromatic N) is 1. The van der Waals surface area contributed by atoms with Gasteiger partial charge in [0.1, 0.15) is 0 Å². The summed E-state index contributed by atoms with van der Waals surface area (Å²) in [6.07, 6.45) is 3.29. The maximum Gasteiger partial charge on any atom is 0.0754 e. The SMILES string of the molecule is CCCC1NC1N(C)C. The maximum absolute atomic E-state index is 3.40. The number of nitrogens with one attached hydrogen (secondary N) is 1. The number of rotatable bonds is 3. The van der Waals surface area contributed by atoms with Crippen LogP contribution in [0.5, 0.6) is 0 Å². The van der Waals surface area contributed by atoms with E-state index in [4.69, 9.17) is 0 Å². The summed E-state index contributed by atoms with van der Waals surface area (Å²) in [5.74, 6) is 0. The van der Waals surface area contributed by atoms with Crippen LogP contribution in [-0.2, 0) is 0 Å². The molecule has 0 amide bonds. The smallest absolute Gasteiger partial charge is 0.0754 e. The van der Waals surface area contributed by atoms with Gasteiger partial charge in [-0.15, -0.1) is 0 Å². The molecule has 2 atom stereocenters. The molecular formula is C7H16N2. The fraction of sp³-hybridized carbons (Fsp3) is 1.00. The van der Waals surface area contributed by atoms with Crippen LogP contribution >= 0.6 is 0 Å². The molecule has 0 aromatic rings. The molecule has 0 aliphatic carbocycles. The molecule has 0 aromatic heterocycles. The van der Waals surface area contributed by atoms with Crippen LogP contribution in [0.1, 0.15) is 19.8 Å². The fourth-order valence-corrected chi connectivity index (χ4v) is 1.22. The quantitative estimate of drug-likeness (QED) is 0.564. The lowest BCUT2D eigenvalue weighted by atomic mass is 10.2. The van der Waals surface area contributed by atoms with E-state index in [1.807, 2.05) is 0 Å². The molecule has 2 unspecified atom stereocenters. The molecule has 1 saturated heterocycles. The van der Waals surface area contributed by atoms with Crippen molar-refractivity contribution in [3.63, 3.8) is 0 Å². The molecule has 0 aromatic carbocycles. The lowest BCUT2D eigenvalue weighted by Gasteiger charge is -2.04. The van der Waals surface area contributed by atoms with Gasteiger partial charge in [0.2, 0.25) is 0 Å². The normalized spacial score (nSPS) is 33.3. The zero-order valence-corrected chi connectivity index (χ0v) is 6.52. The third-order valence-corrected chi connectivity index (χ3v) is 1.81. The molecule has 0 bridgehead atoms. The Bertz CT molecular complexity index is 90.9. The predicted molar refractivity (Wildman–Crippen MR) is 39.3 cm³/mol. The Morgan fingerprint density at radius 2 is 2.11 bits per heavy atom. The minimum Gasteiger partial charge on any atom is -0.295 e. The predicted octanol–water partition coefficient (Wildman–Crippen LogP) is 0.646. The highest BCUT2D eigenvalue weighted by Gasteiger charge is 2.36. The minimum atomic E-state index is 0.671. The summed E-state index contributed by atoms with van der Waals surface area (Å²) >= 11 is 0. The first-order valence-electron chi connectivity index (χ1n) is 3.68. The largest absolute Gasteiger partial charge is 0.295 e. The van der Waals surface area contributed by atoms with Crippen molar-refractivity contribution in [3.05, 3.63) is 0 Å². The summed E-state index contributed by atoms with van der Waals surface area (Å²) in [6.45, 7) is 2.23. The van der Waals surface area contributed by atoms with E-state index in [1.54, 1.807) is 0 Å². The second-order valence-electron chi connectivity index (χ2n) is 2.97. The van der Waals surface area contributed by atoms with Crippen molar-refractivity contribution in [2.75, 3.05) is 14.1 Å². The van der Waals surface area contributed by atoms with Crippen LogP contribution in [0.4, 0.5) is 0 Å². The number of hydrogen-bond donors (Lipinski definition) is 1. The Labute approximate surface area is 57.2 Å². The van der Waals surface area contributed by atoms with Crippen molar-refractivity contribution in [2.24, 2.45) is 0 Å². The van der Waals surface area contributed by atoms with E-state index in [0.717, 1.165) is 6.04 Å². The first-order chi connectivity index (χ1) is 4.25. The highest BCUT2D eigenvalue weighted by Crippen LogP contribution is 2.17. The van der Waals surface area contributed by atoms with Crippen LogP contribution in [0.2, 0.25) is 0 Å². The van der Waals surface area contributed by atoms with Gasteiger partial charge in [-0.3, -0.25) is 10.2 Å². The van der Waals surface area contributed by atoms with E-state index in [0.29, 0.717) is 6.17 Å². The maximum atomic E-state index is 3.40. The lowest BCUT2D eigenvalue weighted by molar-refractivity contribution is 0.380. The van der Waals surface area contributed by atoms with Gasteiger partial charge in [0.25, 0.3) is 0 Å². The average Bonchev–Trinajstić information content (AvgIpc) is 2.47.